The minimum atomic E-state index is -3.55. The van der Waals surface area contributed by atoms with E-state index in [0.29, 0.717) is 4.88 Å². The summed E-state index contributed by atoms with van der Waals surface area (Å²) in [5.74, 6) is -1.15. The third-order valence-corrected chi connectivity index (χ3v) is 5.05. The number of rotatable bonds is 5. The van der Waals surface area contributed by atoms with E-state index in [1.165, 1.54) is 35.6 Å². The summed E-state index contributed by atoms with van der Waals surface area (Å²) >= 11 is 1.31. The van der Waals surface area contributed by atoms with Crippen molar-refractivity contribution in [3.05, 3.63) is 51.7 Å². The third-order valence-electron chi connectivity index (χ3n) is 2.86. The average molecular weight is 338 g/mol. The summed E-state index contributed by atoms with van der Waals surface area (Å²) in [6, 6.07) is 9.22. The first-order valence-electron chi connectivity index (χ1n) is 6.35. The third kappa shape index (κ3) is 3.80. The highest BCUT2D eigenvalue weighted by Crippen LogP contribution is 2.18. The van der Waals surface area contributed by atoms with Crippen molar-refractivity contribution >= 4 is 32.9 Å². The molecule has 22 heavy (non-hydrogen) atoms. The lowest BCUT2D eigenvalue weighted by atomic mass is 10.2. The fourth-order valence-electron chi connectivity index (χ4n) is 1.82. The number of Topliss-reactive ketones (excluding diaryl/α,β-unsaturated/α-hetero) is 1. The predicted molar refractivity (Wildman–Crippen MR) is 83.2 cm³/mol. The lowest BCUT2D eigenvalue weighted by molar-refractivity contribution is 0.0472. The van der Waals surface area contributed by atoms with Crippen molar-refractivity contribution in [3.63, 3.8) is 0 Å². The molecule has 0 aliphatic heterocycles. The van der Waals surface area contributed by atoms with E-state index >= 15 is 0 Å². The van der Waals surface area contributed by atoms with E-state index in [1.807, 2.05) is 6.92 Å². The molecular formula is C15H14O5S2. The number of carbonyl (C=O) groups is 2. The Morgan fingerprint density at radius 1 is 1.14 bits per heavy atom. The zero-order valence-corrected chi connectivity index (χ0v) is 13.7. The molecule has 116 valence electrons. The number of carbonyl (C=O) groups excluding carboxylic acids is 2. The molecule has 0 saturated heterocycles. The van der Waals surface area contributed by atoms with Crippen molar-refractivity contribution in [1.82, 2.24) is 0 Å². The van der Waals surface area contributed by atoms with Crippen molar-refractivity contribution in [3.8, 4) is 0 Å². The quantitative estimate of drug-likeness (QED) is 0.618. The molecule has 0 spiro atoms. The van der Waals surface area contributed by atoms with Crippen LogP contribution >= 0.6 is 11.3 Å². The lowest BCUT2D eigenvalue weighted by Crippen LogP contribution is -2.16. The van der Waals surface area contributed by atoms with Crippen LogP contribution in [0.2, 0.25) is 0 Å². The van der Waals surface area contributed by atoms with Crippen molar-refractivity contribution < 1.29 is 22.7 Å². The minimum absolute atomic E-state index is 0.0693. The first kappa shape index (κ1) is 16.4. The molecule has 0 amide bonds. The van der Waals surface area contributed by atoms with E-state index in [9.17, 15) is 18.0 Å². The summed E-state index contributed by atoms with van der Waals surface area (Å²) in [6.45, 7) is 1.45. The van der Waals surface area contributed by atoms with Gasteiger partial charge in [-0.15, -0.1) is 11.3 Å². The van der Waals surface area contributed by atoms with Gasteiger partial charge in [0, 0.05) is 11.1 Å². The molecule has 0 atom stereocenters. The van der Waals surface area contributed by atoms with Crippen molar-refractivity contribution in [2.45, 2.75) is 11.8 Å². The highest BCUT2D eigenvalue weighted by molar-refractivity contribution is 7.90. The minimum Gasteiger partial charge on any atom is -0.454 e. The van der Waals surface area contributed by atoms with Gasteiger partial charge >= 0.3 is 5.97 Å². The average Bonchev–Trinajstić information content (AvgIpc) is 2.90. The van der Waals surface area contributed by atoms with Crippen LogP contribution in [0.15, 0.2) is 41.3 Å². The Labute approximate surface area is 132 Å². The van der Waals surface area contributed by atoms with Gasteiger partial charge in [0.15, 0.2) is 16.4 Å². The van der Waals surface area contributed by atoms with Crippen molar-refractivity contribution in [2.24, 2.45) is 0 Å². The summed E-state index contributed by atoms with van der Waals surface area (Å²) in [4.78, 5) is 25.3. The molecule has 0 bridgehead atoms. The van der Waals surface area contributed by atoms with Gasteiger partial charge < -0.3 is 4.74 Å². The predicted octanol–water partition coefficient (Wildman–Crippen LogP) is 2.50. The maximum atomic E-state index is 12.0. The lowest BCUT2D eigenvalue weighted by Gasteiger charge is -2.07. The maximum Gasteiger partial charge on any atom is 0.339 e. The van der Waals surface area contributed by atoms with E-state index in [0.717, 1.165) is 11.1 Å². The van der Waals surface area contributed by atoms with Crippen LogP contribution in [-0.4, -0.2) is 33.0 Å². The summed E-state index contributed by atoms with van der Waals surface area (Å²) < 4.78 is 28.2. The topological polar surface area (TPSA) is 77.5 Å². The van der Waals surface area contributed by atoms with Gasteiger partial charge in [-0.3, -0.25) is 4.79 Å². The molecule has 5 nitrogen and oxygen atoms in total. The molecule has 7 heteroatoms. The number of benzene rings is 1. The van der Waals surface area contributed by atoms with E-state index in [2.05, 4.69) is 0 Å². The van der Waals surface area contributed by atoms with E-state index in [-0.39, 0.29) is 16.2 Å². The molecule has 2 rings (SSSR count). The summed E-state index contributed by atoms with van der Waals surface area (Å²) in [7, 11) is -3.55. The standard InChI is InChI=1S/C15H14O5S2/c1-10-7-8-13(21-10)12(16)9-20-15(17)11-5-3-4-6-14(11)22(2,18)19/h3-8H,9H2,1-2H3. The first-order valence-corrected chi connectivity index (χ1v) is 9.05. The van der Waals surface area contributed by atoms with Gasteiger partial charge in [0.1, 0.15) is 0 Å². The van der Waals surface area contributed by atoms with E-state index in [4.69, 9.17) is 4.74 Å². The van der Waals surface area contributed by atoms with Gasteiger partial charge in [0.05, 0.1) is 15.3 Å². The summed E-state index contributed by atoms with van der Waals surface area (Å²) in [5.41, 5.74) is -0.0693. The van der Waals surface area contributed by atoms with E-state index < -0.39 is 22.4 Å². The van der Waals surface area contributed by atoms with Crippen LogP contribution in [0.1, 0.15) is 24.9 Å². The molecule has 2 aromatic rings. The molecule has 0 radical (unpaired) electrons. The molecule has 1 aromatic carbocycles. The highest BCUT2D eigenvalue weighted by Gasteiger charge is 2.20. The second-order valence-corrected chi connectivity index (χ2v) is 7.95. The van der Waals surface area contributed by atoms with Crippen molar-refractivity contribution in [2.75, 3.05) is 12.9 Å². The molecular weight excluding hydrogens is 324 g/mol. The number of esters is 1. The number of hydrogen-bond acceptors (Lipinski definition) is 6. The van der Waals surface area contributed by atoms with Gasteiger partial charge in [-0.1, -0.05) is 12.1 Å². The van der Waals surface area contributed by atoms with Gasteiger partial charge in [-0.05, 0) is 31.2 Å². The number of hydrogen-bond donors (Lipinski definition) is 0. The number of ketones is 1. The van der Waals surface area contributed by atoms with Crippen molar-refractivity contribution in [1.29, 1.82) is 0 Å². The molecule has 1 aromatic heterocycles. The summed E-state index contributed by atoms with van der Waals surface area (Å²) in [5, 5.41) is 0. The molecule has 0 fully saturated rings. The number of sulfone groups is 1. The largest absolute Gasteiger partial charge is 0.454 e. The summed E-state index contributed by atoms with van der Waals surface area (Å²) in [6.07, 6.45) is 1.01. The molecule has 0 aliphatic rings. The fourth-order valence-corrected chi connectivity index (χ4v) is 3.49. The first-order chi connectivity index (χ1) is 10.3. The Balaban J connectivity index is 2.12. The monoisotopic (exact) mass is 338 g/mol. The maximum absolute atomic E-state index is 12.0. The van der Waals surface area contributed by atoms with Crippen LogP contribution in [0, 0.1) is 6.92 Å². The normalized spacial score (nSPS) is 11.2. The van der Waals surface area contributed by atoms with Crippen LogP contribution in [0.4, 0.5) is 0 Å². The van der Waals surface area contributed by atoms with E-state index in [1.54, 1.807) is 12.1 Å². The number of aryl methyl sites for hydroxylation is 1. The Morgan fingerprint density at radius 2 is 1.82 bits per heavy atom. The van der Waals surface area contributed by atoms with Gasteiger partial charge in [0.2, 0.25) is 5.78 Å². The Bertz CT molecular complexity index is 818. The van der Waals surface area contributed by atoms with Crippen LogP contribution in [0.5, 0.6) is 0 Å². The van der Waals surface area contributed by atoms with Crippen LogP contribution in [-0.2, 0) is 14.6 Å². The number of thiophene rings is 1. The van der Waals surface area contributed by atoms with Crippen LogP contribution in [0.3, 0.4) is 0 Å². The molecule has 0 saturated carbocycles. The second-order valence-electron chi connectivity index (χ2n) is 4.68. The van der Waals surface area contributed by atoms with Gasteiger partial charge in [-0.2, -0.15) is 0 Å². The Morgan fingerprint density at radius 3 is 2.41 bits per heavy atom. The fraction of sp³-hybridized carbons (Fsp3) is 0.200. The molecule has 0 unspecified atom stereocenters. The second kappa shape index (κ2) is 6.41. The zero-order chi connectivity index (χ0) is 16.3. The van der Waals surface area contributed by atoms with Gasteiger partial charge in [-0.25, -0.2) is 13.2 Å². The zero-order valence-electron chi connectivity index (χ0n) is 12.0. The molecule has 0 N–H and O–H groups in total. The Kier molecular flexibility index (Phi) is 4.77. The number of ether oxygens (including phenoxy) is 1. The SMILES string of the molecule is Cc1ccc(C(=O)COC(=O)c2ccccc2S(C)(=O)=O)s1. The molecule has 0 aliphatic carbocycles. The van der Waals surface area contributed by atoms with Gasteiger partial charge in [0.25, 0.3) is 0 Å². The smallest absolute Gasteiger partial charge is 0.339 e. The highest BCUT2D eigenvalue weighted by atomic mass is 32.2. The Hall–Kier alpha value is -1.99. The van der Waals surface area contributed by atoms with Crippen LogP contribution < -0.4 is 0 Å². The van der Waals surface area contributed by atoms with Crippen LogP contribution in [0.25, 0.3) is 0 Å². The molecule has 1 heterocycles.